The van der Waals surface area contributed by atoms with Crippen molar-refractivity contribution < 1.29 is 27.8 Å². The Balaban J connectivity index is 2.00. The molecule has 1 heterocycles. The van der Waals surface area contributed by atoms with Crippen LogP contribution in [-0.2, 0) is 0 Å². The van der Waals surface area contributed by atoms with Gasteiger partial charge in [0.05, 0.1) is 7.11 Å². The monoisotopic (exact) mass is 307 g/mol. The Hall–Kier alpha value is -2.83. The molecule has 0 aliphatic carbocycles. The number of carbonyl (C=O) groups is 1. The summed E-state index contributed by atoms with van der Waals surface area (Å²) in [7, 11) is 1.47. The zero-order valence-corrected chi connectivity index (χ0v) is 11.4. The molecular formula is C15H11F2NO4. The van der Waals surface area contributed by atoms with E-state index in [4.69, 9.17) is 10.5 Å². The molecule has 22 heavy (non-hydrogen) atoms. The minimum Gasteiger partial charge on any atom is -0.497 e. The number of carbonyl (C=O) groups excluding carboxylic acids is 1. The van der Waals surface area contributed by atoms with Crippen LogP contribution in [0.15, 0.2) is 36.4 Å². The average Bonchev–Trinajstić information content (AvgIpc) is 2.78. The molecule has 114 valence electrons. The number of anilines is 1. The molecule has 0 atom stereocenters. The van der Waals surface area contributed by atoms with Crippen LogP contribution >= 0.6 is 0 Å². The number of alkyl halides is 2. The van der Waals surface area contributed by atoms with Gasteiger partial charge in [-0.05, 0) is 18.2 Å². The van der Waals surface area contributed by atoms with Crippen LogP contribution in [0.1, 0.15) is 15.9 Å². The van der Waals surface area contributed by atoms with Crippen molar-refractivity contribution in [2.45, 2.75) is 6.29 Å². The Labute approximate surface area is 124 Å². The molecule has 0 spiro atoms. The summed E-state index contributed by atoms with van der Waals surface area (Å²) in [4.78, 5) is 12.5. The molecule has 1 aliphatic rings. The SMILES string of the molecule is COc1cccc(C(=O)c2cc3c(cc2N)OC(F)(F)O3)c1. The van der Waals surface area contributed by atoms with Gasteiger partial charge in [0.2, 0.25) is 0 Å². The lowest BCUT2D eigenvalue weighted by Gasteiger charge is -2.07. The summed E-state index contributed by atoms with van der Waals surface area (Å²) in [6.45, 7) is 0. The third-order valence-electron chi connectivity index (χ3n) is 3.15. The lowest BCUT2D eigenvalue weighted by molar-refractivity contribution is -0.286. The molecule has 7 heteroatoms. The molecule has 0 radical (unpaired) electrons. The number of halogens is 2. The number of methoxy groups -OCH3 is 1. The highest BCUT2D eigenvalue weighted by Gasteiger charge is 2.44. The second kappa shape index (κ2) is 4.87. The van der Waals surface area contributed by atoms with Crippen molar-refractivity contribution in [2.24, 2.45) is 0 Å². The lowest BCUT2D eigenvalue weighted by Crippen LogP contribution is -2.25. The topological polar surface area (TPSA) is 70.8 Å². The summed E-state index contributed by atoms with van der Waals surface area (Å²) in [5.41, 5.74) is 6.15. The van der Waals surface area contributed by atoms with Gasteiger partial charge in [-0.25, -0.2) is 0 Å². The van der Waals surface area contributed by atoms with Crippen LogP contribution in [0.5, 0.6) is 17.2 Å². The van der Waals surface area contributed by atoms with E-state index in [0.717, 1.165) is 12.1 Å². The lowest BCUT2D eigenvalue weighted by atomic mass is 10.0. The van der Waals surface area contributed by atoms with Gasteiger partial charge in [-0.1, -0.05) is 12.1 Å². The van der Waals surface area contributed by atoms with Crippen molar-refractivity contribution in [3.8, 4) is 17.2 Å². The second-order valence-corrected chi connectivity index (χ2v) is 4.61. The van der Waals surface area contributed by atoms with Gasteiger partial charge in [-0.2, -0.15) is 0 Å². The van der Waals surface area contributed by atoms with Crippen molar-refractivity contribution in [1.29, 1.82) is 0 Å². The molecule has 2 aromatic carbocycles. The standard InChI is InChI=1S/C15H11F2NO4/c1-20-9-4-2-3-8(5-9)14(19)10-6-12-13(7-11(10)18)22-15(16,17)21-12/h2-7H,18H2,1H3. The summed E-state index contributed by atoms with van der Waals surface area (Å²) in [5, 5.41) is 0. The van der Waals surface area contributed by atoms with Crippen LogP contribution in [0.2, 0.25) is 0 Å². The quantitative estimate of drug-likeness (QED) is 0.697. The van der Waals surface area contributed by atoms with E-state index in [2.05, 4.69) is 9.47 Å². The molecule has 0 aromatic heterocycles. The number of nitrogen functional groups attached to an aromatic ring is 1. The Morgan fingerprint density at radius 2 is 1.86 bits per heavy atom. The van der Waals surface area contributed by atoms with Crippen LogP contribution < -0.4 is 19.9 Å². The zero-order valence-electron chi connectivity index (χ0n) is 11.4. The highest BCUT2D eigenvalue weighted by atomic mass is 19.3. The second-order valence-electron chi connectivity index (χ2n) is 4.61. The maximum absolute atomic E-state index is 13.0. The molecule has 0 fully saturated rings. The highest BCUT2D eigenvalue weighted by molar-refractivity contribution is 6.12. The number of hydrogen-bond acceptors (Lipinski definition) is 5. The molecule has 0 saturated carbocycles. The van der Waals surface area contributed by atoms with E-state index in [-0.39, 0.29) is 22.7 Å². The van der Waals surface area contributed by atoms with Crippen LogP contribution in [0.3, 0.4) is 0 Å². The van der Waals surface area contributed by atoms with E-state index in [1.165, 1.54) is 13.2 Å². The molecule has 0 bridgehead atoms. The number of rotatable bonds is 3. The third kappa shape index (κ3) is 2.41. The summed E-state index contributed by atoms with van der Waals surface area (Å²) in [5.74, 6) is -0.371. The van der Waals surface area contributed by atoms with Crippen molar-refractivity contribution in [2.75, 3.05) is 12.8 Å². The van der Waals surface area contributed by atoms with Crippen LogP contribution in [0, 0.1) is 0 Å². The van der Waals surface area contributed by atoms with Crippen LogP contribution in [0.25, 0.3) is 0 Å². The van der Waals surface area contributed by atoms with E-state index >= 15 is 0 Å². The third-order valence-corrected chi connectivity index (χ3v) is 3.15. The van der Waals surface area contributed by atoms with Gasteiger partial charge in [0.25, 0.3) is 0 Å². The minimum absolute atomic E-state index is 0.0212. The minimum atomic E-state index is -3.76. The van der Waals surface area contributed by atoms with E-state index in [0.29, 0.717) is 11.3 Å². The molecule has 3 rings (SSSR count). The largest absolute Gasteiger partial charge is 0.586 e. The Kier molecular flexibility index (Phi) is 3.13. The first-order valence-corrected chi connectivity index (χ1v) is 6.28. The van der Waals surface area contributed by atoms with E-state index in [1.807, 2.05) is 0 Å². The van der Waals surface area contributed by atoms with Gasteiger partial charge < -0.3 is 19.9 Å². The molecule has 0 saturated heterocycles. The summed E-state index contributed by atoms with van der Waals surface area (Å²) >= 11 is 0. The van der Waals surface area contributed by atoms with Crippen LogP contribution in [-0.4, -0.2) is 19.2 Å². The first kappa shape index (κ1) is 14.1. The van der Waals surface area contributed by atoms with Crippen molar-refractivity contribution in [1.82, 2.24) is 0 Å². The summed E-state index contributed by atoms with van der Waals surface area (Å²) in [6.07, 6.45) is -3.76. The number of benzene rings is 2. The number of ketones is 1. The van der Waals surface area contributed by atoms with Gasteiger partial charge >= 0.3 is 6.29 Å². The van der Waals surface area contributed by atoms with Crippen molar-refractivity contribution in [3.63, 3.8) is 0 Å². The van der Waals surface area contributed by atoms with Gasteiger partial charge in [0.15, 0.2) is 17.3 Å². The van der Waals surface area contributed by atoms with E-state index in [9.17, 15) is 13.6 Å². The molecular weight excluding hydrogens is 296 g/mol. The fourth-order valence-corrected chi connectivity index (χ4v) is 2.13. The summed E-state index contributed by atoms with van der Waals surface area (Å²) < 4.78 is 39.7. The fraction of sp³-hybridized carbons (Fsp3) is 0.133. The van der Waals surface area contributed by atoms with Crippen molar-refractivity contribution >= 4 is 11.5 Å². The maximum Gasteiger partial charge on any atom is 0.586 e. The Morgan fingerprint density at radius 3 is 2.55 bits per heavy atom. The number of nitrogens with two attached hydrogens (primary N) is 1. The van der Waals surface area contributed by atoms with Gasteiger partial charge in [-0.15, -0.1) is 8.78 Å². The molecule has 0 unspecified atom stereocenters. The van der Waals surface area contributed by atoms with Gasteiger partial charge in [-0.3, -0.25) is 4.79 Å². The van der Waals surface area contributed by atoms with E-state index in [1.54, 1.807) is 18.2 Å². The average molecular weight is 307 g/mol. The van der Waals surface area contributed by atoms with E-state index < -0.39 is 12.1 Å². The molecule has 1 aliphatic heterocycles. The van der Waals surface area contributed by atoms with Gasteiger partial charge in [0.1, 0.15) is 5.75 Å². The molecule has 0 amide bonds. The fourth-order valence-electron chi connectivity index (χ4n) is 2.13. The maximum atomic E-state index is 13.0. The smallest absolute Gasteiger partial charge is 0.497 e. The Morgan fingerprint density at radius 1 is 1.18 bits per heavy atom. The van der Waals surface area contributed by atoms with Gasteiger partial charge in [0, 0.05) is 22.9 Å². The molecule has 2 N–H and O–H groups in total. The predicted octanol–water partition coefficient (Wildman–Crippen LogP) is 2.83. The zero-order chi connectivity index (χ0) is 15.9. The van der Waals surface area contributed by atoms with Crippen molar-refractivity contribution in [3.05, 3.63) is 47.5 Å². The molecule has 5 nitrogen and oxygen atoms in total. The first-order valence-electron chi connectivity index (χ1n) is 6.28. The predicted molar refractivity (Wildman–Crippen MR) is 73.5 cm³/mol. The van der Waals surface area contributed by atoms with Crippen LogP contribution in [0.4, 0.5) is 14.5 Å². The normalized spacial score (nSPS) is 14.7. The highest BCUT2D eigenvalue weighted by Crippen LogP contribution is 2.43. The number of ether oxygens (including phenoxy) is 3. The number of fused-ring (bicyclic) bond motifs is 1. The Bertz CT molecular complexity index is 761. The molecule has 2 aromatic rings. The summed E-state index contributed by atoms with van der Waals surface area (Å²) in [6, 6.07) is 8.71. The number of hydrogen-bond donors (Lipinski definition) is 1. The first-order chi connectivity index (χ1) is 10.4.